The Morgan fingerprint density at radius 1 is 1.24 bits per heavy atom. The molecule has 1 heterocycles. The van der Waals surface area contributed by atoms with E-state index in [1.165, 1.54) is 16.3 Å². The quantitative estimate of drug-likeness (QED) is 0.703. The Morgan fingerprint density at radius 3 is 2.59 bits per heavy atom. The molecule has 0 bridgehead atoms. The average molecular weight is 270 g/mol. The molecular formula is C13H16ClNOS. The molecule has 0 aliphatic carbocycles. The fourth-order valence-electron chi connectivity index (χ4n) is 1.77. The second kappa shape index (κ2) is 6.74. The van der Waals surface area contributed by atoms with Gasteiger partial charge in [0.25, 0.3) is 0 Å². The lowest BCUT2D eigenvalue weighted by Gasteiger charge is -1.99. The van der Waals surface area contributed by atoms with Gasteiger partial charge < -0.3 is 17.5 Å². The minimum absolute atomic E-state index is 0. The van der Waals surface area contributed by atoms with Crippen molar-refractivity contribution >= 4 is 11.3 Å². The molecule has 17 heavy (non-hydrogen) atoms. The standard InChI is InChI=1S/C13H16NOS.ClH/c1-11-14(13(7-8-15)10-16-11)9-12-5-3-2-4-6-12;/h2-6,10,15H,7-9H2,1H3;1H/q+1;/p-1. The summed E-state index contributed by atoms with van der Waals surface area (Å²) in [5.74, 6) is 0. The minimum Gasteiger partial charge on any atom is -1.00 e. The molecule has 0 aliphatic heterocycles. The fourth-order valence-corrected chi connectivity index (χ4v) is 2.63. The summed E-state index contributed by atoms with van der Waals surface area (Å²) in [4.78, 5) is 0. The molecule has 2 rings (SSSR count). The number of rotatable bonds is 4. The zero-order valence-corrected chi connectivity index (χ0v) is 11.3. The first-order chi connectivity index (χ1) is 7.81. The summed E-state index contributed by atoms with van der Waals surface area (Å²) in [6.07, 6.45) is 0.733. The topological polar surface area (TPSA) is 24.1 Å². The molecule has 0 saturated heterocycles. The van der Waals surface area contributed by atoms with Gasteiger partial charge >= 0.3 is 0 Å². The minimum atomic E-state index is 0. The first-order valence-corrected chi connectivity index (χ1v) is 6.31. The van der Waals surface area contributed by atoms with Crippen LogP contribution in [0.4, 0.5) is 0 Å². The number of benzene rings is 1. The van der Waals surface area contributed by atoms with E-state index in [9.17, 15) is 0 Å². The van der Waals surface area contributed by atoms with E-state index in [1.54, 1.807) is 11.3 Å². The van der Waals surface area contributed by atoms with Gasteiger partial charge in [-0.25, -0.2) is 0 Å². The van der Waals surface area contributed by atoms with E-state index >= 15 is 0 Å². The summed E-state index contributed by atoms with van der Waals surface area (Å²) in [5, 5.41) is 12.4. The summed E-state index contributed by atoms with van der Waals surface area (Å²) in [7, 11) is 0. The number of nitrogens with zero attached hydrogens (tertiary/aromatic N) is 1. The van der Waals surface area contributed by atoms with Gasteiger partial charge in [-0.15, -0.1) is 0 Å². The van der Waals surface area contributed by atoms with E-state index in [1.807, 2.05) is 6.07 Å². The summed E-state index contributed by atoms with van der Waals surface area (Å²) in [6, 6.07) is 10.4. The van der Waals surface area contributed by atoms with Gasteiger partial charge in [0, 0.05) is 12.5 Å². The maximum Gasteiger partial charge on any atom is 0.234 e. The van der Waals surface area contributed by atoms with E-state index in [0.717, 1.165) is 13.0 Å². The lowest BCUT2D eigenvalue weighted by Crippen LogP contribution is -3.00. The summed E-state index contributed by atoms with van der Waals surface area (Å²) >= 11 is 1.74. The van der Waals surface area contributed by atoms with Crippen molar-refractivity contribution in [3.8, 4) is 0 Å². The highest BCUT2D eigenvalue weighted by Gasteiger charge is 2.16. The molecule has 2 nitrogen and oxygen atoms in total. The number of aromatic nitrogens is 1. The Labute approximate surface area is 112 Å². The molecule has 4 heteroatoms. The predicted octanol–water partition coefficient (Wildman–Crippen LogP) is -1.07. The van der Waals surface area contributed by atoms with Crippen molar-refractivity contribution in [1.82, 2.24) is 0 Å². The number of aliphatic hydroxyl groups is 1. The van der Waals surface area contributed by atoms with E-state index in [4.69, 9.17) is 5.11 Å². The van der Waals surface area contributed by atoms with Crippen molar-refractivity contribution in [2.45, 2.75) is 19.9 Å². The molecule has 0 aliphatic rings. The molecule has 0 atom stereocenters. The van der Waals surface area contributed by atoms with E-state index in [-0.39, 0.29) is 19.0 Å². The van der Waals surface area contributed by atoms with Gasteiger partial charge in [0.05, 0.1) is 18.4 Å². The summed E-state index contributed by atoms with van der Waals surface area (Å²) in [5.41, 5.74) is 2.52. The van der Waals surface area contributed by atoms with Crippen LogP contribution in [0.15, 0.2) is 35.7 Å². The number of hydrogen-bond acceptors (Lipinski definition) is 2. The molecule has 0 unspecified atom stereocenters. The van der Waals surface area contributed by atoms with Crippen molar-refractivity contribution in [2.75, 3.05) is 6.61 Å². The molecule has 0 amide bonds. The maximum atomic E-state index is 9.01. The second-order valence-electron chi connectivity index (χ2n) is 3.79. The van der Waals surface area contributed by atoms with Crippen molar-refractivity contribution < 1.29 is 22.1 Å². The number of aryl methyl sites for hydroxylation is 1. The third-order valence-electron chi connectivity index (χ3n) is 2.64. The molecule has 1 aromatic carbocycles. The van der Waals surface area contributed by atoms with Crippen molar-refractivity contribution in [1.29, 1.82) is 0 Å². The van der Waals surface area contributed by atoms with E-state index in [0.29, 0.717) is 0 Å². The van der Waals surface area contributed by atoms with Crippen LogP contribution in [0.5, 0.6) is 0 Å². The van der Waals surface area contributed by atoms with Crippen LogP contribution in [0.2, 0.25) is 0 Å². The zero-order chi connectivity index (χ0) is 11.4. The molecule has 1 aromatic heterocycles. The van der Waals surface area contributed by atoms with Gasteiger partial charge in [-0.2, -0.15) is 4.57 Å². The highest BCUT2D eigenvalue weighted by atomic mass is 35.5. The first kappa shape index (κ1) is 14.2. The molecular weight excluding hydrogens is 254 g/mol. The highest BCUT2D eigenvalue weighted by molar-refractivity contribution is 7.09. The Morgan fingerprint density at radius 2 is 1.94 bits per heavy atom. The molecule has 0 fully saturated rings. The van der Waals surface area contributed by atoms with E-state index in [2.05, 4.69) is 41.1 Å². The third kappa shape index (κ3) is 3.53. The maximum absolute atomic E-state index is 9.01. The number of hydrogen-bond donors (Lipinski definition) is 1. The summed E-state index contributed by atoms with van der Waals surface area (Å²) in [6.45, 7) is 3.23. The highest BCUT2D eigenvalue weighted by Crippen LogP contribution is 2.08. The smallest absolute Gasteiger partial charge is 0.234 e. The SMILES string of the molecule is Cc1scc(CCO)[n+]1Cc1ccccc1.[Cl-]. The average Bonchev–Trinajstić information content (AvgIpc) is 2.64. The predicted molar refractivity (Wildman–Crippen MR) is 65.6 cm³/mol. The Balaban J connectivity index is 0.00000144. The van der Waals surface area contributed by atoms with Crippen LogP contribution >= 0.6 is 11.3 Å². The van der Waals surface area contributed by atoms with Crippen LogP contribution in [-0.4, -0.2) is 11.7 Å². The molecule has 0 radical (unpaired) electrons. The zero-order valence-electron chi connectivity index (χ0n) is 9.77. The number of halogens is 1. The van der Waals surface area contributed by atoms with Crippen LogP contribution in [0, 0.1) is 6.92 Å². The number of thiazole rings is 1. The third-order valence-corrected chi connectivity index (χ3v) is 3.60. The van der Waals surface area contributed by atoms with Crippen LogP contribution in [0.25, 0.3) is 0 Å². The van der Waals surface area contributed by atoms with Crippen molar-refractivity contribution in [3.05, 3.63) is 52.0 Å². The normalized spacial score (nSPS) is 10.0. The van der Waals surface area contributed by atoms with Crippen LogP contribution in [-0.2, 0) is 13.0 Å². The van der Waals surface area contributed by atoms with Crippen LogP contribution in [0.1, 0.15) is 16.3 Å². The van der Waals surface area contributed by atoms with E-state index < -0.39 is 0 Å². The van der Waals surface area contributed by atoms with Crippen molar-refractivity contribution in [2.24, 2.45) is 0 Å². The van der Waals surface area contributed by atoms with Gasteiger partial charge in [-0.05, 0) is 0 Å². The number of aliphatic hydroxyl groups excluding tert-OH is 1. The Bertz CT molecular complexity index is 456. The summed E-state index contributed by atoms with van der Waals surface area (Å²) < 4.78 is 2.27. The second-order valence-corrected chi connectivity index (χ2v) is 4.85. The fraction of sp³-hybridized carbons (Fsp3) is 0.308. The van der Waals surface area contributed by atoms with Gasteiger partial charge in [-0.1, -0.05) is 41.7 Å². The monoisotopic (exact) mass is 269 g/mol. The molecule has 1 N–H and O–H groups in total. The van der Waals surface area contributed by atoms with Gasteiger partial charge in [0.1, 0.15) is 0 Å². The molecule has 92 valence electrons. The van der Waals surface area contributed by atoms with Gasteiger partial charge in [0.15, 0.2) is 12.2 Å². The Hall–Kier alpha value is -0.900. The van der Waals surface area contributed by atoms with Gasteiger partial charge in [0.2, 0.25) is 5.01 Å². The Kier molecular flexibility index (Phi) is 5.62. The lowest BCUT2D eigenvalue weighted by atomic mass is 10.2. The first-order valence-electron chi connectivity index (χ1n) is 5.43. The van der Waals surface area contributed by atoms with Crippen molar-refractivity contribution in [3.63, 3.8) is 0 Å². The van der Waals surface area contributed by atoms with Crippen LogP contribution < -0.4 is 17.0 Å². The van der Waals surface area contributed by atoms with Gasteiger partial charge in [-0.3, -0.25) is 0 Å². The molecule has 0 spiro atoms. The lowest BCUT2D eigenvalue weighted by molar-refractivity contribution is -0.696. The largest absolute Gasteiger partial charge is 1.00 e. The van der Waals surface area contributed by atoms with Crippen LogP contribution in [0.3, 0.4) is 0 Å². The molecule has 2 aromatic rings. The molecule has 0 saturated carbocycles.